The van der Waals surface area contributed by atoms with Gasteiger partial charge in [0.2, 0.25) is 0 Å². The standard InChI is InChI=1S/C7H17N.CH4.Gd/c1-4-5-6-8-7(2)3;;/h7-8H,4-6H2,1-3H3;1H4;. The summed E-state index contributed by atoms with van der Waals surface area (Å²) in [5, 5.41) is 3.35. The molecule has 0 unspecified atom stereocenters. The zero-order chi connectivity index (χ0) is 6.41. The fraction of sp³-hybridized carbons (Fsp3) is 1.00. The first-order chi connectivity index (χ1) is 3.77. The van der Waals surface area contributed by atoms with Gasteiger partial charge in [-0.25, -0.2) is 0 Å². The Labute approximate surface area is 98.0 Å². The molecule has 0 atom stereocenters. The molecule has 0 aromatic heterocycles. The van der Waals surface area contributed by atoms with Crippen LogP contribution in [0.1, 0.15) is 41.0 Å². The van der Waals surface area contributed by atoms with Crippen LogP contribution in [0.15, 0.2) is 0 Å². The Hall–Kier alpha value is 1.28. The van der Waals surface area contributed by atoms with E-state index >= 15 is 0 Å². The first-order valence-corrected chi connectivity index (χ1v) is 3.50. The number of nitrogens with one attached hydrogen (secondary N) is 1. The van der Waals surface area contributed by atoms with Crippen molar-refractivity contribution in [2.45, 2.75) is 47.1 Å². The predicted molar refractivity (Wildman–Crippen MR) is 44.8 cm³/mol. The minimum atomic E-state index is 0. The fourth-order valence-corrected chi connectivity index (χ4v) is 0.568. The Morgan fingerprint density at radius 1 is 1.30 bits per heavy atom. The van der Waals surface area contributed by atoms with Gasteiger partial charge in [-0.3, -0.25) is 0 Å². The molecule has 0 rings (SSSR count). The van der Waals surface area contributed by atoms with Crippen molar-refractivity contribution in [1.82, 2.24) is 5.32 Å². The van der Waals surface area contributed by atoms with E-state index in [-0.39, 0.29) is 47.4 Å². The third-order valence-electron chi connectivity index (χ3n) is 1.08. The summed E-state index contributed by atoms with van der Waals surface area (Å²) in [6.45, 7) is 7.74. The van der Waals surface area contributed by atoms with Gasteiger partial charge in [0.25, 0.3) is 0 Å². The first-order valence-electron chi connectivity index (χ1n) is 3.50. The maximum absolute atomic E-state index is 3.35. The third kappa shape index (κ3) is 16.1. The van der Waals surface area contributed by atoms with E-state index in [0.717, 1.165) is 0 Å². The van der Waals surface area contributed by atoms with Crippen LogP contribution in [-0.4, -0.2) is 12.6 Å². The molecule has 0 aliphatic rings. The molecule has 0 aliphatic carbocycles. The minimum absolute atomic E-state index is 0. The van der Waals surface area contributed by atoms with E-state index in [9.17, 15) is 0 Å². The van der Waals surface area contributed by atoms with Crippen molar-refractivity contribution in [1.29, 1.82) is 0 Å². The van der Waals surface area contributed by atoms with Gasteiger partial charge in [-0.1, -0.05) is 34.6 Å². The molecule has 0 saturated carbocycles. The minimum Gasteiger partial charge on any atom is -0.315 e. The number of hydrogen-bond acceptors (Lipinski definition) is 1. The topological polar surface area (TPSA) is 12.0 Å². The molecule has 0 amide bonds. The molecule has 0 fully saturated rings. The number of rotatable bonds is 4. The molecule has 0 saturated heterocycles. The fourth-order valence-electron chi connectivity index (χ4n) is 0.568. The molecular weight excluding hydrogens is 267 g/mol. The predicted octanol–water partition coefficient (Wildman–Crippen LogP) is 2.42. The summed E-state index contributed by atoms with van der Waals surface area (Å²) >= 11 is 0. The second-order valence-corrected chi connectivity index (χ2v) is 2.46. The van der Waals surface area contributed by atoms with Gasteiger partial charge in [0.1, 0.15) is 0 Å². The van der Waals surface area contributed by atoms with Crippen molar-refractivity contribution in [2.75, 3.05) is 6.54 Å². The molecule has 0 aromatic carbocycles. The molecule has 10 heavy (non-hydrogen) atoms. The van der Waals surface area contributed by atoms with Gasteiger partial charge in [0, 0.05) is 46.0 Å². The van der Waals surface area contributed by atoms with Gasteiger partial charge >= 0.3 is 0 Å². The largest absolute Gasteiger partial charge is 0.315 e. The van der Waals surface area contributed by atoms with Crippen LogP contribution in [0.3, 0.4) is 0 Å². The van der Waals surface area contributed by atoms with Crippen molar-refractivity contribution < 1.29 is 39.9 Å². The van der Waals surface area contributed by atoms with Gasteiger partial charge in [-0.15, -0.1) is 0 Å². The molecule has 66 valence electrons. The van der Waals surface area contributed by atoms with Crippen LogP contribution in [0.25, 0.3) is 0 Å². The smallest absolute Gasteiger partial charge is 0.00103 e. The summed E-state index contributed by atoms with van der Waals surface area (Å²) < 4.78 is 0. The van der Waals surface area contributed by atoms with Gasteiger partial charge < -0.3 is 5.32 Å². The van der Waals surface area contributed by atoms with Crippen molar-refractivity contribution in [3.05, 3.63) is 0 Å². The maximum Gasteiger partial charge on any atom is 0.00103 e. The van der Waals surface area contributed by atoms with Crippen molar-refractivity contribution in [2.24, 2.45) is 0 Å². The van der Waals surface area contributed by atoms with Crippen LogP contribution < -0.4 is 5.32 Å². The molecule has 1 nitrogen and oxygen atoms in total. The second kappa shape index (κ2) is 12.9. The zero-order valence-corrected chi connectivity index (χ0v) is 8.82. The van der Waals surface area contributed by atoms with Crippen LogP contribution in [-0.2, 0) is 0 Å². The normalized spacial score (nSPS) is 8.40. The van der Waals surface area contributed by atoms with Crippen LogP contribution in [0.2, 0.25) is 0 Å². The zero-order valence-electron chi connectivity index (χ0n) is 6.55. The molecule has 0 bridgehead atoms. The second-order valence-electron chi connectivity index (χ2n) is 2.46. The summed E-state index contributed by atoms with van der Waals surface area (Å²) in [7, 11) is 0. The summed E-state index contributed by atoms with van der Waals surface area (Å²) in [6, 6.07) is 0.654. The SMILES string of the molecule is C.CCCCNC(C)C.[Gd]. The monoisotopic (exact) mass is 289 g/mol. The van der Waals surface area contributed by atoms with E-state index < -0.39 is 0 Å². The quantitative estimate of drug-likeness (QED) is 0.784. The number of unbranched alkanes of at least 4 members (excludes halogenated alkanes) is 1. The molecule has 0 aromatic rings. The van der Waals surface area contributed by atoms with Crippen LogP contribution in [0, 0.1) is 39.9 Å². The van der Waals surface area contributed by atoms with E-state index in [1.54, 1.807) is 0 Å². The van der Waals surface area contributed by atoms with Crippen molar-refractivity contribution in [3.8, 4) is 0 Å². The first kappa shape index (κ1) is 17.4. The van der Waals surface area contributed by atoms with Gasteiger partial charge in [0.05, 0.1) is 0 Å². The Balaban J connectivity index is -0.000000245. The van der Waals surface area contributed by atoms with E-state index in [2.05, 4.69) is 26.1 Å². The van der Waals surface area contributed by atoms with E-state index in [4.69, 9.17) is 0 Å². The molecular formula is C8H21GdN. The summed E-state index contributed by atoms with van der Waals surface area (Å²) in [4.78, 5) is 0. The summed E-state index contributed by atoms with van der Waals surface area (Å²) in [6.07, 6.45) is 2.60. The third-order valence-corrected chi connectivity index (χ3v) is 1.08. The summed E-state index contributed by atoms with van der Waals surface area (Å²) in [5.74, 6) is 0. The average Bonchev–Trinajstić information content (AvgIpc) is 1.66. The van der Waals surface area contributed by atoms with Crippen LogP contribution >= 0.6 is 0 Å². The maximum atomic E-state index is 3.35. The van der Waals surface area contributed by atoms with Gasteiger partial charge in [-0.2, -0.15) is 0 Å². The van der Waals surface area contributed by atoms with E-state index in [1.807, 2.05) is 0 Å². The molecule has 0 spiro atoms. The van der Waals surface area contributed by atoms with Crippen molar-refractivity contribution in [3.63, 3.8) is 0 Å². The molecule has 0 heterocycles. The average molecular weight is 289 g/mol. The van der Waals surface area contributed by atoms with Crippen LogP contribution in [0.4, 0.5) is 0 Å². The van der Waals surface area contributed by atoms with Gasteiger partial charge in [0.15, 0.2) is 0 Å². The Morgan fingerprint density at radius 3 is 2.10 bits per heavy atom. The van der Waals surface area contributed by atoms with Gasteiger partial charge in [-0.05, 0) is 13.0 Å². The van der Waals surface area contributed by atoms with E-state index in [1.165, 1.54) is 19.4 Å². The molecule has 0 aliphatic heterocycles. The Kier molecular flexibility index (Phi) is 22.5. The van der Waals surface area contributed by atoms with E-state index in [0.29, 0.717) is 6.04 Å². The van der Waals surface area contributed by atoms with Crippen LogP contribution in [0.5, 0.6) is 0 Å². The molecule has 0 radical (unpaired) electrons. The Bertz CT molecular complexity index is 46.5. The molecule has 1 N–H and O–H groups in total. The molecule has 2 heteroatoms. The van der Waals surface area contributed by atoms with Crippen molar-refractivity contribution >= 4 is 0 Å². The summed E-state index contributed by atoms with van der Waals surface area (Å²) in [5.41, 5.74) is 0. The number of hydrogen-bond donors (Lipinski definition) is 1. The Morgan fingerprint density at radius 2 is 1.80 bits per heavy atom.